The summed E-state index contributed by atoms with van der Waals surface area (Å²) < 4.78 is 28.1. The molecule has 2 rings (SSSR count). The van der Waals surface area contributed by atoms with E-state index in [-0.39, 0.29) is 11.1 Å². The predicted molar refractivity (Wildman–Crippen MR) is 85.9 cm³/mol. The fraction of sp³-hybridized carbons (Fsp3) is 0.0667. The van der Waals surface area contributed by atoms with Crippen molar-refractivity contribution in [3.05, 3.63) is 67.2 Å². The number of rotatable bonds is 3. The largest absolute Gasteiger partial charge is 0.292 e. The molecule has 21 heavy (non-hydrogen) atoms. The third-order valence-corrected chi connectivity index (χ3v) is 4.22. The third kappa shape index (κ3) is 3.47. The minimum absolute atomic E-state index is 0.130. The topological polar surface area (TPSA) is 40.9 Å². The fourth-order valence-corrected chi connectivity index (χ4v) is 2.78. The van der Waals surface area contributed by atoms with E-state index in [1.54, 1.807) is 24.3 Å². The van der Waals surface area contributed by atoms with E-state index >= 15 is 0 Å². The summed E-state index contributed by atoms with van der Waals surface area (Å²) >= 11 is 5.28. The molecule has 0 heterocycles. The molecule has 0 saturated carbocycles. The Hall–Kier alpha value is -1.33. The number of carbonyl (C=O) groups excluding carboxylic acids is 1. The maximum atomic E-state index is 13.8. The van der Waals surface area contributed by atoms with Crippen molar-refractivity contribution >= 4 is 44.3 Å². The zero-order chi connectivity index (χ0) is 15.6. The smallest absolute Gasteiger partial charge is 0.185 e. The van der Waals surface area contributed by atoms with E-state index in [1.165, 1.54) is 0 Å². The van der Waals surface area contributed by atoms with Crippen LogP contribution in [0.5, 0.6) is 0 Å². The quantitative estimate of drug-likeness (QED) is 0.485. The molecule has 6 heteroatoms. The van der Waals surface area contributed by atoms with Gasteiger partial charge in [0.2, 0.25) is 0 Å². The van der Waals surface area contributed by atoms with Gasteiger partial charge in [0, 0.05) is 25.2 Å². The summed E-state index contributed by atoms with van der Waals surface area (Å²) in [6.45, 7) is 0. The first-order chi connectivity index (χ1) is 9.93. The molecule has 2 aromatic carbocycles. The van der Waals surface area contributed by atoms with Crippen molar-refractivity contribution in [1.29, 1.82) is 5.26 Å². The van der Waals surface area contributed by atoms with Crippen LogP contribution in [0.25, 0.3) is 0 Å². The van der Waals surface area contributed by atoms with Crippen molar-refractivity contribution in [3.63, 3.8) is 0 Å². The maximum Gasteiger partial charge on any atom is 0.185 e. The van der Waals surface area contributed by atoms with Gasteiger partial charge in [-0.25, -0.2) is 8.78 Å². The number of nitriles is 1. The Balaban J connectivity index is 2.49. The van der Waals surface area contributed by atoms with Gasteiger partial charge in [0.1, 0.15) is 17.6 Å². The first-order valence-corrected chi connectivity index (χ1v) is 7.65. The maximum absolute atomic E-state index is 13.8. The number of halogens is 4. The number of ketones is 1. The highest BCUT2D eigenvalue weighted by Gasteiger charge is 2.26. The Morgan fingerprint density at radius 1 is 1.24 bits per heavy atom. The highest BCUT2D eigenvalue weighted by Crippen LogP contribution is 2.28. The van der Waals surface area contributed by atoms with Gasteiger partial charge in [-0.2, -0.15) is 5.26 Å². The Morgan fingerprint density at radius 2 is 1.95 bits per heavy atom. The molecule has 1 unspecified atom stereocenters. The number of nitrogens with zero attached hydrogens (tertiary/aromatic N) is 1. The predicted octanol–water partition coefficient (Wildman–Crippen LogP) is 4.82. The Morgan fingerprint density at radius 3 is 2.57 bits per heavy atom. The average molecular weight is 462 g/mol. The molecule has 1 atom stereocenters. The summed E-state index contributed by atoms with van der Waals surface area (Å²) in [7, 11) is 0. The number of hydrogen-bond acceptors (Lipinski definition) is 2. The number of benzene rings is 2. The van der Waals surface area contributed by atoms with Crippen molar-refractivity contribution in [2.24, 2.45) is 0 Å². The number of carbonyl (C=O) groups is 1. The van der Waals surface area contributed by atoms with Crippen molar-refractivity contribution in [1.82, 2.24) is 0 Å². The summed E-state index contributed by atoms with van der Waals surface area (Å²) in [5.74, 6) is -3.51. The Kier molecular flexibility index (Phi) is 5.06. The highest BCUT2D eigenvalue weighted by molar-refractivity contribution is 14.1. The normalized spacial score (nSPS) is 11.8. The monoisotopic (exact) mass is 461 g/mol. The van der Waals surface area contributed by atoms with Gasteiger partial charge in [-0.1, -0.05) is 22.0 Å². The summed E-state index contributed by atoms with van der Waals surface area (Å²) in [5.41, 5.74) is 0.159. The first-order valence-electron chi connectivity index (χ1n) is 5.78. The van der Waals surface area contributed by atoms with Crippen LogP contribution in [0.1, 0.15) is 21.8 Å². The molecule has 0 aliphatic rings. The van der Waals surface area contributed by atoms with Crippen LogP contribution in [0.2, 0.25) is 0 Å². The van der Waals surface area contributed by atoms with Crippen LogP contribution in [0, 0.1) is 26.5 Å². The molecule has 0 saturated heterocycles. The second-order valence-corrected chi connectivity index (χ2v) is 6.32. The van der Waals surface area contributed by atoms with Gasteiger partial charge in [-0.05, 0) is 46.9 Å². The van der Waals surface area contributed by atoms with Crippen LogP contribution in [0.15, 0.2) is 40.9 Å². The van der Waals surface area contributed by atoms with Crippen LogP contribution in [0.4, 0.5) is 8.78 Å². The lowest BCUT2D eigenvalue weighted by atomic mass is 9.91. The number of hydrogen-bond donors (Lipinski definition) is 0. The molecule has 0 N–H and O–H groups in total. The first kappa shape index (κ1) is 16.0. The zero-order valence-electron chi connectivity index (χ0n) is 10.4. The van der Waals surface area contributed by atoms with Crippen LogP contribution < -0.4 is 0 Å². The van der Waals surface area contributed by atoms with Crippen molar-refractivity contribution in [2.45, 2.75) is 5.92 Å². The SMILES string of the molecule is N#CC(C(=O)c1cc(I)ccc1Br)c1ccc(F)cc1F. The lowest BCUT2D eigenvalue weighted by Crippen LogP contribution is -2.14. The van der Waals surface area contributed by atoms with Gasteiger partial charge in [-0.15, -0.1) is 0 Å². The molecule has 0 fully saturated rings. The van der Waals surface area contributed by atoms with Gasteiger partial charge < -0.3 is 0 Å². The molecular weight excluding hydrogens is 455 g/mol. The van der Waals surface area contributed by atoms with E-state index < -0.39 is 23.3 Å². The van der Waals surface area contributed by atoms with Crippen LogP contribution in [0.3, 0.4) is 0 Å². The molecule has 2 nitrogen and oxygen atoms in total. The molecule has 106 valence electrons. The molecule has 0 radical (unpaired) electrons. The van der Waals surface area contributed by atoms with Gasteiger partial charge in [0.05, 0.1) is 6.07 Å². The van der Waals surface area contributed by atoms with E-state index in [2.05, 4.69) is 15.9 Å². The molecule has 0 spiro atoms. The molecule has 0 aliphatic carbocycles. The van der Waals surface area contributed by atoms with Crippen molar-refractivity contribution < 1.29 is 13.6 Å². The van der Waals surface area contributed by atoms with E-state index in [1.807, 2.05) is 22.6 Å². The standard InChI is InChI=1S/C15H7BrF2INO/c16-13-4-2-9(19)6-11(13)15(21)12(7-20)10-3-1-8(17)5-14(10)18/h1-6,12H. The van der Waals surface area contributed by atoms with Crippen LogP contribution in [-0.2, 0) is 0 Å². The summed E-state index contributed by atoms with van der Waals surface area (Å²) in [6, 6.07) is 9.69. The average Bonchev–Trinajstić information content (AvgIpc) is 2.44. The van der Waals surface area contributed by atoms with E-state index in [9.17, 15) is 18.8 Å². The highest BCUT2D eigenvalue weighted by atomic mass is 127. The Labute approximate surface area is 142 Å². The van der Waals surface area contributed by atoms with Gasteiger partial charge in [0.25, 0.3) is 0 Å². The molecular formula is C15H7BrF2INO. The van der Waals surface area contributed by atoms with Crippen LogP contribution >= 0.6 is 38.5 Å². The molecule has 0 aromatic heterocycles. The summed E-state index contributed by atoms with van der Waals surface area (Å²) in [6.07, 6.45) is 0. The lowest BCUT2D eigenvalue weighted by Gasteiger charge is -2.11. The van der Waals surface area contributed by atoms with Crippen molar-refractivity contribution in [3.8, 4) is 6.07 Å². The number of Topliss-reactive ketones (excluding diaryl/α,β-unsaturated/α-hetero) is 1. The molecule has 0 amide bonds. The van der Waals surface area contributed by atoms with Crippen molar-refractivity contribution in [2.75, 3.05) is 0 Å². The van der Waals surface area contributed by atoms with E-state index in [4.69, 9.17) is 0 Å². The van der Waals surface area contributed by atoms with E-state index in [0.29, 0.717) is 10.5 Å². The van der Waals surface area contributed by atoms with Gasteiger partial charge >= 0.3 is 0 Å². The van der Waals surface area contributed by atoms with E-state index in [0.717, 1.165) is 15.7 Å². The summed E-state index contributed by atoms with van der Waals surface area (Å²) in [5, 5.41) is 9.22. The second kappa shape index (κ2) is 6.62. The molecule has 2 aromatic rings. The minimum atomic E-state index is -1.32. The zero-order valence-corrected chi connectivity index (χ0v) is 14.2. The second-order valence-electron chi connectivity index (χ2n) is 4.22. The lowest BCUT2D eigenvalue weighted by molar-refractivity contribution is 0.0976. The Bertz CT molecular complexity index is 758. The van der Waals surface area contributed by atoms with Gasteiger partial charge in [-0.3, -0.25) is 4.79 Å². The molecule has 0 bridgehead atoms. The molecule has 0 aliphatic heterocycles. The minimum Gasteiger partial charge on any atom is -0.292 e. The fourth-order valence-electron chi connectivity index (χ4n) is 1.85. The summed E-state index contributed by atoms with van der Waals surface area (Å²) in [4.78, 5) is 12.5. The van der Waals surface area contributed by atoms with Gasteiger partial charge in [0.15, 0.2) is 5.78 Å². The van der Waals surface area contributed by atoms with Crippen LogP contribution in [-0.4, -0.2) is 5.78 Å². The third-order valence-electron chi connectivity index (χ3n) is 2.86.